The molecule has 0 bridgehead atoms. The van der Waals surface area contributed by atoms with Crippen LogP contribution in [-0.4, -0.2) is 30.0 Å². The molecule has 1 aliphatic heterocycles. The quantitative estimate of drug-likeness (QED) is 0.521. The molecule has 2 atom stereocenters. The van der Waals surface area contributed by atoms with Gasteiger partial charge in [-0.2, -0.15) is 0 Å². The topological polar surface area (TPSA) is 41.6 Å². The summed E-state index contributed by atoms with van der Waals surface area (Å²) in [5.74, 6) is 0.570. The zero-order chi connectivity index (χ0) is 22.3. The number of nitrogens with one attached hydrogen (secondary N) is 1. The average Bonchev–Trinajstić information content (AvgIpc) is 2.83. The van der Waals surface area contributed by atoms with Crippen molar-refractivity contribution in [2.24, 2.45) is 0 Å². The number of nitrogens with zero attached hydrogens (tertiary/aromatic N) is 1. The lowest BCUT2D eigenvalue weighted by atomic mass is 9.87. The van der Waals surface area contributed by atoms with Crippen LogP contribution in [0.25, 0.3) is 0 Å². The number of amides is 1. The second-order valence-electron chi connectivity index (χ2n) is 8.17. The van der Waals surface area contributed by atoms with E-state index in [9.17, 15) is 4.79 Å². The van der Waals surface area contributed by atoms with Crippen LogP contribution in [0.2, 0.25) is 0 Å². The van der Waals surface area contributed by atoms with Crippen LogP contribution in [-0.2, 0) is 17.8 Å². The maximum absolute atomic E-state index is 12.2. The Bertz CT molecular complexity index is 1050. The summed E-state index contributed by atoms with van der Waals surface area (Å²) < 4.78 is 6.01. The summed E-state index contributed by atoms with van der Waals surface area (Å²) in [5, 5.41) is 2.79. The molecule has 0 radical (unpaired) electrons. The van der Waals surface area contributed by atoms with E-state index < -0.39 is 6.10 Å². The van der Waals surface area contributed by atoms with Crippen LogP contribution in [0.4, 0.5) is 0 Å². The maximum atomic E-state index is 12.2. The number of rotatable bonds is 8. The lowest BCUT2D eigenvalue weighted by Gasteiger charge is -2.38. The first kappa shape index (κ1) is 21.8. The van der Waals surface area contributed by atoms with Gasteiger partial charge in [-0.05, 0) is 47.7 Å². The van der Waals surface area contributed by atoms with Crippen LogP contribution < -0.4 is 10.1 Å². The molecule has 0 aromatic heterocycles. The van der Waals surface area contributed by atoms with E-state index in [0.717, 1.165) is 19.5 Å². The van der Waals surface area contributed by atoms with Gasteiger partial charge in [-0.3, -0.25) is 9.69 Å². The molecule has 3 aromatic carbocycles. The van der Waals surface area contributed by atoms with Gasteiger partial charge in [0.2, 0.25) is 0 Å². The molecule has 1 N–H and O–H groups in total. The lowest BCUT2D eigenvalue weighted by Crippen LogP contribution is -2.37. The van der Waals surface area contributed by atoms with E-state index in [1.165, 1.54) is 22.3 Å². The maximum Gasteiger partial charge on any atom is 0.261 e. The highest BCUT2D eigenvalue weighted by atomic mass is 16.5. The Morgan fingerprint density at radius 3 is 2.56 bits per heavy atom. The zero-order valence-electron chi connectivity index (χ0n) is 18.5. The van der Waals surface area contributed by atoms with Crippen molar-refractivity contribution in [2.45, 2.75) is 32.0 Å². The van der Waals surface area contributed by atoms with Crippen molar-refractivity contribution >= 4 is 5.91 Å². The predicted octanol–water partition coefficient (Wildman–Crippen LogP) is 4.90. The van der Waals surface area contributed by atoms with Crippen molar-refractivity contribution in [1.82, 2.24) is 10.2 Å². The molecule has 1 heterocycles. The Kier molecular flexibility index (Phi) is 7.03. The minimum Gasteiger partial charge on any atom is -0.481 e. The molecule has 0 spiro atoms. The van der Waals surface area contributed by atoms with Crippen LogP contribution in [0.1, 0.15) is 35.2 Å². The first-order valence-corrected chi connectivity index (χ1v) is 11.2. The molecule has 3 aromatic rings. The van der Waals surface area contributed by atoms with Crippen LogP contribution in [0.3, 0.4) is 0 Å². The molecule has 1 aliphatic rings. The highest BCUT2D eigenvalue weighted by Gasteiger charge is 2.29. The number of carbonyl (C=O) groups is 1. The molecule has 0 saturated heterocycles. The van der Waals surface area contributed by atoms with Gasteiger partial charge in [0.05, 0.1) is 6.04 Å². The van der Waals surface area contributed by atoms with E-state index in [1.54, 1.807) is 13.0 Å². The zero-order valence-corrected chi connectivity index (χ0v) is 18.5. The summed E-state index contributed by atoms with van der Waals surface area (Å²) in [7, 11) is 0. The molecule has 4 nitrogen and oxygen atoms in total. The van der Waals surface area contributed by atoms with Crippen molar-refractivity contribution in [1.29, 1.82) is 0 Å². The Hall–Kier alpha value is -3.37. The highest BCUT2D eigenvalue weighted by Crippen LogP contribution is 2.38. The standard InChI is InChI=1S/C28H30N2O2/c1-3-17-29-28(31)21(2)32-25-15-14-23-16-18-30(20-22-10-6-4-7-11-22)27(26(23)19-25)24-12-8-5-9-13-24/h3-15,19,21,27H,1,16-18,20H2,2H3,(H,29,31). The molecular formula is C28H30N2O2. The van der Waals surface area contributed by atoms with Gasteiger partial charge >= 0.3 is 0 Å². The fourth-order valence-electron chi connectivity index (χ4n) is 4.31. The van der Waals surface area contributed by atoms with Gasteiger partial charge in [0.25, 0.3) is 5.91 Å². The van der Waals surface area contributed by atoms with Gasteiger partial charge in [0.15, 0.2) is 6.10 Å². The summed E-state index contributed by atoms with van der Waals surface area (Å²) in [6, 6.07) is 27.6. The minimum atomic E-state index is -0.577. The molecule has 32 heavy (non-hydrogen) atoms. The third-order valence-corrected chi connectivity index (χ3v) is 5.89. The summed E-state index contributed by atoms with van der Waals surface area (Å²) in [4.78, 5) is 14.8. The fourth-order valence-corrected chi connectivity index (χ4v) is 4.31. The van der Waals surface area contributed by atoms with Gasteiger partial charge in [-0.1, -0.05) is 72.8 Å². The second kappa shape index (κ2) is 10.3. The minimum absolute atomic E-state index is 0.133. The van der Waals surface area contributed by atoms with Crippen LogP contribution in [0, 0.1) is 0 Å². The third-order valence-electron chi connectivity index (χ3n) is 5.89. The molecule has 1 amide bonds. The van der Waals surface area contributed by atoms with Crippen molar-refractivity contribution in [3.05, 3.63) is 114 Å². The fraction of sp³-hybridized carbons (Fsp3) is 0.250. The van der Waals surface area contributed by atoms with Crippen LogP contribution >= 0.6 is 0 Å². The smallest absolute Gasteiger partial charge is 0.261 e. The van der Waals surface area contributed by atoms with Gasteiger partial charge in [-0.25, -0.2) is 0 Å². The van der Waals surface area contributed by atoms with Crippen LogP contribution in [0.5, 0.6) is 5.75 Å². The average molecular weight is 427 g/mol. The predicted molar refractivity (Wildman–Crippen MR) is 129 cm³/mol. The monoisotopic (exact) mass is 426 g/mol. The van der Waals surface area contributed by atoms with E-state index in [-0.39, 0.29) is 11.9 Å². The molecule has 2 unspecified atom stereocenters. The van der Waals surface area contributed by atoms with Crippen molar-refractivity contribution in [3.8, 4) is 5.75 Å². The Balaban J connectivity index is 1.63. The summed E-state index contributed by atoms with van der Waals surface area (Å²) >= 11 is 0. The Morgan fingerprint density at radius 2 is 1.84 bits per heavy atom. The first-order valence-electron chi connectivity index (χ1n) is 11.2. The Morgan fingerprint density at radius 1 is 1.12 bits per heavy atom. The van der Waals surface area contributed by atoms with E-state index in [4.69, 9.17) is 4.74 Å². The second-order valence-corrected chi connectivity index (χ2v) is 8.17. The summed E-state index contributed by atoms with van der Waals surface area (Å²) in [6.45, 7) is 7.71. The van der Waals surface area contributed by atoms with E-state index in [0.29, 0.717) is 12.3 Å². The summed E-state index contributed by atoms with van der Waals surface area (Å²) in [5.41, 5.74) is 5.14. The summed E-state index contributed by atoms with van der Waals surface area (Å²) in [6.07, 6.45) is 2.07. The SMILES string of the molecule is C=CCNC(=O)C(C)Oc1ccc2c(c1)C(c1ccccc1)N(Cc1ccccc1)CC2. The largest absolute Gasteiger partial charge is 0.481 e. The molecule has 0 saturated carbocycles. The van der Waals surface area contributed by atoms with E-state index in [2.05, 4.69) is 89.6 Å². The number of ether oxygens (including phenoxy) is 1. The van der Waals surface area contributed by atoms with Crippen LogP contribution in [0.15, 0.2) is 91.5 Å². The molecule has 0 aliphatic carbocycles. The van der Waals surface area contributed by atoms with Crippen molar-refractivity contribution < 1.29 is 9.53 Å². The molecule has 0 fully saturated rings. The number of fused-ring (bicyclic) bond motifs is 1. The lowest BCUT2D eigenvalue weighted by molar-refractivity contribution is -0.127. The van der Waals surface area contributed by atoms with Gasteiger partial charge in [0, 0.05) is 19.6 Å². The van der Waals surface area contributed by atoms with E-state index in [1.807, 2.05) is 6.07 Å². The molecule has 164 valence electrons. The number of carbonyl (C=O) groups excluding carboxylic acids is 1. The molecule has 4 heteroatoms. The molecule has 4 rings (SSSR count). The first-order chi connectivity index (χ1) is 15.7. The highest BCUT2D eigenvalue weighted by molar-refractivity contribution is 5.80. The Labute approximate surface area is 190 Å². The van der Waals surface area contributed by atoms with Gasteiger partial charge < -0.3 is 10.1 Å². The molecular weight excluding hydrogens is 396 g/mol. The van der Waals surface area contributed by atoms with Gasteiger partial charge in [0.1, 0.15) is 5.75 Å². The number of hydrogen-bond donors (Lipinski definition) is 1. The van der Waals surface area contributed by atoms with Gasteiger partial charge in [-0.15, -0.1) is 6.58 Å². The number of benzene rings is 3. The normalized spacial score (nSPS) is 16.6. The van der Waals surface area contributed by atoms with Crippen molar-refractivity contribution in [2.75, 3.05) is 13.1 Å². The van der Waals surface area contributed by atoms with E-state index >= 15 is 0 Å². The van der Waals surface area contributed by atoms with Crippen molar-refractivity contribution in [3.63, 3.8) is 0 Å². The third kappa shape index (κ3) is 5.09. The number of hydrogen-bond acceptors (Lipinski definition) is 3.